The minimum atomic E-state index is -4.96. The van der Waals surface area contributed by atoms with Gasteiger partial charge in [-0.3, -0.25) is 37.3 Å². The molecule has 0 fully saturated rings. The molecule has 0 aliphatic heterocycles. The predicted molar refractivity (Wildman–Crippen MR) is 423 cm³/mol. The van der Waals surface area contributed by atoms with Gasteiger partial charge in [0.25, 0.3) is 0 Å². The van der Waals surface area contributed by atoms with E-state index >= 15 is 0 Å². The van der Waals surface area contributed by atoms with E-state index in [1.807, 2.05) is 0 Å². The van der Waals surface area contributed by atoms with Crippen molar-refractivity contribution in [3.8, 4) is 0 Å². The van der Waals surface area contributed by atoms with Crippen LogP contribution in [0.25, 0.3) is 0 Å². The van der Waals surface area contributed by atoms with Gasteiger partial charge in [-0.2, -0.15) is 0 Å². The highest BCUT2D eigenvalue weighted by atomic mass is 31.2. The van der Waals surface area contributed by atoms with Crippen LogP contribution in [0.15, 0.2) is 0 Å². The number of aliphatic hydroxyl groups excluding tert-OH is 1. The average Bonchev–Trinajstić information content (AvgIpc) is 0.918. The van der Waals surface area contributed by atoms with Gasteiger partial charge in [-0.05, 0) is 43.4 Å². The average molecular weight is 1510 g/mol. The van der Waals surface area contributed by atoms with E-state index in [0.29, 0.717) is 25.7 Å². The van der Waals surface area contributed by atoms with E-state index in [1.165, 1.54) is 250 Å². The summed E-state index contributed by atoms with van der Waals surface area (Å²) in [4.78, 5) is 73.1. The van der Waals surface area contributed by atoms with Crippen LogP contribution in [0.1, 0.15) is 440 Å². The fraction of sp³-hybridized carbons (Fsp3) is 0.952. The highest BCUT2D eigenvalue weighted by Gasteiger charge is 2.30. The zero-order chi connectivity index (χ0) is 75.8. The third kappa shape index (κ3) is 76.6. The highest BCUT2D eigenvalue weighted by Crippen LogP contribution is 2.45. The Kier molecular flexibility index (Phi) is 72.8. The molecule has 612 valence electrons. The van der Waals surface area contributed by atoms with Crippen LogP contribution in [0.3, 0.4) is 0 Å². The molecule has 0 aliphatic rings. The van der Waals surface area contributed by atoms with Crippen LogP contribution >= 0.6 is 15.6 Å². The van der Waals surface area contributed by atoms with Gasteiger partial charge in [0.05, 0.1) is 26.4 Å². The van der Waals surface area contributed by atoms with E-state index in [-0.39, 0.29) is 25.7 Å². The van der Waals surface area contributed by atoms with Gasteiger partial charge in [0.2, 0.25) is 0 Å². The van der Waals surface area contributed by atoms with E-state index in [4.69, 9.17) is 37.0 Å². The maximum Gasteiger partial charge on any atom is 0.472 e. The number of carbonyl (C=O) groups is 4. The molecule has 0 aromatic rings. The molecule has 17 nitrogen and oxygen atoms in total. The number of hydrogen-bond acceptors (Lipinski definition) is 15. The Labute approximate surface area is 632 Å². The molecule has 0 saturated carbocycles. The van der Waals surface area contributed by atoms with Crippen molar-refractivity contribution in [1.29, 1.82) is 0 Å². The number of phosphoric acid groups is 2. The predicted octanol–water partition coefficient (Wildman–Crippen LogP) is 25.3. The summed E-state index contributed by atoms with van der Waals surface area (Å²) < 4.78 is 68.8. The van der Waals surface area contributed by atoms with Gasteiger partial charge in [0, 0.05) is 25.7 Å². The summed E-state index contributed by atoms with van der Waals surface area (Å²) in [7, 11) is -9.92. The van der Waals surface area contributed by atoms with Crippen molar-refractivity contribution in [3.05, 3.63) is 0 Å². The summed E-state index contributed by atoms with van der Waals surface area (Å²) in [6.07, 6.45) is 63.8. The lowest BCUT2D eigenvalue weighted by molar-refractivity contribution is -0.161. The van der Waals surface area contributed by atoms with Crippen molar-refractivity contribution < 1.29 is 80.2 Å². The highest BCUT2D eigenvalue weighted by molar-refractivity contribution is 7.47. The fourth-order valence-electron chi connectivity index (χ4n) is 13.0. The molecule has 0 amide bonds. The van der Waals surface area contributed by atoms with Crippen LogP contribution in [0.4, 0.5) is 0 Å². The molecule has 103 heavy (non-hydrogen) atoms. The number of hydrogen-bond donors (Lipinski definition) is 3. The first kappa shape index (κ1) is 101. The molecular formula is C84H164O17P2. The van der Waals surface area contributed by atoms with E-state index < -0.39 is 97.5 Å². The number of aliphatic hydroxyl groups is 1. The van der Waals surface area contributed by atoms with Crippen molar-refractivity contribution >= 4 is 39.5 Å². The summed E-state index contributed by atoms with van der Waals surface area (Å²) in [5.41, 5.74) is 0. The maximum absolute atomic E-state index is 13.1. The van der Waals surface area contributed by atoms with Crippen molar-refractivity contribution in [3.63, 3.8) is 0 Å². The van der Waals surface area contributed by atoms with Crippen LogP contribution in [-0.2, 0) is 65.4 Å². The van der Waals surface area contributed by atoms with Crippen molar-refractivity contribution in [2.75, 3.05) is 39.6 Å². The first-order chi connectivity index (χ1) is 49.8. The largest absolute Gasteiger partial charge is 0.472 e. The van der Waals surface area contributed by atoms with Crippen LogP contribution < -0.4 is 0 Å². The van der Waals surface area contributed by atoms with Crippen LogP contribution in [-0.4, -0.2) is 96.7 Å². The first-order valence-electron chi connectivity index (χ1n) is 43.4. The summed E-state index contributed by atoms with van der Waals surface area (Å²) in [5.74, 6) is 0.300. The second kappa shape index (κ2) is 74.2. The van der Waals surface area contributed by atoms with Gasteiger partial charge in [-0.15, -0.1) is 0 Å². The number of carbonyl (C=O) groups excluding carboxylic acids is 4. The SMILES string of the molecule is CCCCCCCCCCCCCCCC(=O)O[C@H](COC(=O)CCCCCCCCCCCC(C)C)COP(=O)(O)OC[C@H](O)COP(=O)(O)OC[C@@H](COC(=O)CCCCCCCCCCCCCCCC(C)C)OC(=O)CCCCCCCCCCCCCCCCCCCCC(C)CC. The maximum atomic E-state index is 13.1. The molecule has 0 spiro atoms. The standard InChI is InChI=1S/C84H164O17P2/c1-8-10-11-12-13-14-15-23-31-38-46-53-60-67-83(88)101-80(72-95-82(87)66-59-52-45-40-33-35-42-49-56-63-76(5)6)74-99-103(92,93)97-70-78(85)69-96-102(90,91)98-73-79(71-94-81(86)65-58-51-44-37-30-27-22-24-28-34-41-48-55-62-75(3)4)100-84(89)68-61-54-47-39-32-26-21-19-17-16-18-20-25-29-36-43-50-57-64-77(7)9-2/h75-80,85H,8-74H2,1-7H3,(H,90,91)(H,92,93)/t77?,78-,79-,80-/m1/s1. The van der Waals surface area contributed by atoms with E-state index in [0.717, 1.165) is 108 Å². The van der Waals surface area contributed by atoms with E-state index in [1.54, 1.807) is 0 Å². The van der Waals surface area contributed by atoms with Gasteiger partial charge in [0.15, 0.2) is 12.2 Å². The zero-order valence-corrected chi connectivity index (χ0v) is 69.6. The minimum Gasteiger partial charge on any atom is -0.462 e. The summed E-state index contributed by atoms with van der Waals surface area (Å²) in [6, 6.07) is 0. The van der Waals surface area contributed by atoms with Gasteiger partial charge in [-0.25, -0.2) is 9.13 Å². The molecule has 0 aromatic heterocycles. The van der Waals surface area contributed by atoms with E-state index in [9.17, 15) is 43.2 Å². The monoisotopic (exact) mass is 1510 g/mol. The second-order valence-electron chi connectivity index (χ2n) is 31.4. The lowest BCUT2D eigenvalue weighted by Crippen LogP contribution is -2.30. The normalized spacial score (nSPS) is 14.2. The molecule has 0 bridgehead atoms. The first-order valence-corrected chi connectivity index (χ1v) is 46.4. The number of unbranched alkanes of at least 4 members (excludes halogenated alkanes) is 49. The Balaban J connectivity index is 5.23. The van der Waals surface area contributed by atoms with Crippen molar-refractivity contribution in [1.82, 2.24) is 0 Å². The number of rotatable bonds is 82. The van der Waals surface area contributed by atoms with Gasteiger partial charge in [-0.1, -0.05) is 389 Å². The molecule has 0 aromatic carbocycles. The Morgan fingerprint density at radius 3 is 0.738 bits per heavy atom. The van der Waals surface area contributed by atoms with E-state index in [2.05, 4.69) is 48.5 Å². The van der Waals surface area contributed by atoms with Gasteiger partial charge < -0.3 is 33.8 Å². The van der Waals surface area contributed by atoms with Crippen LogP contribution in [0.5, 0.6) is 0 Å². The third-order valence-corrected chi connectivity index (χ3v) is 21.9. The van der Waals surface area contributed by atoms with Gasteiger partial charge in [0.1, 0.15) is 19.3 Å². The molecule has 19 heteroatoms. The topological polar surface area (TPSA) is 237 Å². The zero-order valence-electron chi connectivity index (χ0n) is 67.8. The third-order valence-electron chi connectivity index (χ3n) is 20.0. The number of esters is 4. The molecule has 0 radical (unpaired) electrons. The molecule has 3 N–H and O–H groups in total. The fourth-order valence-corrected chi connectivity index (χ4v) is 14.6. The Morgan fingerprint density at radius 2 is 0.495 bits per heavy atom. The molecular weight excluding hydrogens is 1340 g/mol. The molecule has 0 aliphatic carbocycles. The van der Waals surface area contributed by atoms with Crippen molar-refractivity contribution in [2.45, 2.75) is 458 Å². The number of phosphoric ester groups is 2. The van der Waals surface area contributed by atoms with Crippen LogP contribution in [0.2, 0.25) is 0 Å². The molecule has 0 saturated heterocycles. The Bertz CT molecular complexity index is 1990. The quantitative estimate of drug-likeness (QED) is 0.0222. The Morgan fingerprint density at radius 1 is 0.282 bits per heavy atom. The lowest BCUT2D eigenvalue weighted by atomic mass is 9.99. The second-order valence-corrected chi connectivity index (χ2v) is 34.3. The summed E-state index contributed by atoms with van der Waals surface area (Å²) >= 11 is 0. The molecule has 0 rings (SSSR count). The molecule has 0 heterocycles. The molecule has 6 atom stereocenters. The smallest absolute Gasteiger partial charge is 0.462 e. The minimum absolute atomic E-state index is 0.107. The van der Waals surface area contributed by atoms with Crippen molar-refractivity contribution in [2.24, 2.45) is 17.8 Å². The number of ether oxygens (including phenoxy) is 4. The summed E-state index contributed by atoms with van der Waals surface area (Å²) in [5, 5.41) is 10.7. The lowest BCUT2D eigenvalue weighted by Gasteiger charge is -2.21. The molecule has 3 unspecified atom stereocenters. The van der Waals surface area contributed by atoms with Crippen LogP contribution in [0, 0.1) is 17.8 Å². The Hall–Kier alpha value is -1.94. The van der Waals surface area contributed by atoms with Gasteiger partial charge >= 0.3 is 39.5 Å². The summed E-state index contributed by atoms with van der Waals surface area (Å²) in [6.45, 7) is 12.0.